The maximum atomic E-state index is 10.8. The van der Waals surface area contributed by atoms with Crippen molar-refractivity contribution in [2.45, 2.75) is 25.8 Å². The summed E-state index contributed by atoms with van der Waals surface area (Å²) in [6.07, 6.45) is 3.00. The van der Waals surface area contributed by atoms with Crippen LogP contribution in [-0.4, -0.2) is 22.8 Å². The summed E-state index contributed by atoms with van der Waals surface area (Å²) in [6, 6.07) is 3.94. The molecular weight excluding hydrogens is 212 g/mol. The van der Waals surface area contributed by atoms with Crippen molar-refractivity contribution < 1.29 is 4.79 Å². The van der Waals surface area contributed by atoms with Crippen LogP contribution in [0.2, 0.25) is 5.15 Å². The van der Waals surface area contributed by atoms with Crippen LogP contribution in [0, 0.1) is 6.92 Å². The molecule has 1 aromatic rings. The quantitative estimate of drug-likeness (QED) is 0.571. The van der Waals surface area contributed by atoms with Crippen molar-refractivity contribution in [3.63, 3.8) is 0 Å². The number of amides is 1. The third kappa shape index (κ3) is 1.97. The molecule has 2 heterocycles. The van der Waals surface area contributed by atoms with E-state index in [0.717, 1.165) is 37.1 Å². The van der Waals surface area contributed by atoms with E-state index < -0.39 is 0 Å². The van der Waals surface area contributed by atoms with E-state index in [-0.39, 0.29) is 6.04 Å². The molecule has 1 saturated heterocycles. The van der Waals surface area contributed by atoms with E-state index in [1.54, 1.807) is 6.07 Å². The van der Waals surface area contributed by atoms with Crippen molar-refractivity contribution in [3.8, 4) is 0 Å². The molecule has 2 rings (SSSR count). The Bertz CT molecular complexity index is 381. The number of halogens is 1. The summed E-state index contributed by atoms with van der Waals surface area (Å²) < 4.78 is 0. The number of carbonyl (C=O) groups excluding carboxylic acids is 1. The molecule has 1 aliphatic heterocycles. The first-order valence-electron chi connectivity index (χ1n) is 5.06. The molecule has 80 valence electrons. The maximum Gasteiger partial charge on any atom is 0.210 e. The second kappa shape index (κ2) is 4.19. The number of carbonyl (C=O) groups is 1. The number of nitrogens with zero attached hydrogens (tertiary/aromatic N) is 2. The predicted molar refractivity (Wildman–Crippen MR) is 58.7 cm³/mol. The van der Waals surface area contributed by atoms with Gasteiger partial charge in [0.05, 0.1) is 6.04 Å². The van der Waals surface area contributed by atoms with Crippen LogP contribution in [-0.2, 0) is 4.79 Å². The second-order valence-electron chi connectivity index (χ2n) is 3.81. The molecule has 15 heavy (non-hydrogen) atoms. The number of rotatable bonds is 2. The van der Waals surface area contributed by atoms with Gasteiger partial charge in [0.15, 0.2) is 0 Å². The first-order chi connectivity index (χ1) is 7.22. The molecule has 0 bridgehead atoms. The van der Waals surface area contributed by atoms with Crippen LogP contribution in [0.4, 0.5) is 0 Å². The van der Waals surface area contributed by atoms with Crippen molar-refractivity contribution in [3.05, 3.63) is 28.5 Å². The summed E-state index contributed by atoms with van der Waals surface area (Å²) in [7, 11) is 0. The topological polar surface area (TPSA) is 33.2 Å². The highest BCUT2D eigenvalue weighted by atomic mass is 35.5. The molecular formula is C11H13ClN2O. The molecule has 1 atom stereocenters. The van der Waals surface area contributed by atoms with E-state index >= 15 is 0 Å². The fraction of sp³-hybridized carbons (Fsp3) is 0.455. The standard InChI is InChI=1S/C11H13ClN2O/c1-8-9(4-5-11(12)13-8)10-3-2-6-14(10)7-15/h4-5,7,10H,2-3,6H2,1H3/t10-/m0/s1. The van der Waals surface area contributed by atoms with Crippen LogP contribution in [0.25, 0.3) is 0 Å². The zero-order valence-electron chi connectivity index (χ0n) is 8.61. The van der Waals surface area contributed by atoms with E-state index in [4.69, 9.17) is 11.6 Å². The first-order valence-corrected chi connectivity index (χ1v) is 5.44. The Kier molecular flexibility index (Phi) is 2.91. The van der Waals surface area contributed by atoms with E-state index in [1.165, 1.54) is 0 Å². The monoisotopic (exact) mass is 224 g/mol. The fourth-order valence-electron chi connectivity index (χ4n) is 2.14. The Morgan fingerprint density at radius 1 is 1.60 bits per heavy atom. The van der Waals surface area contributed by atoms with Crippen molar-refractivity contribution >= 4 is 18.0 Å². The number of hydrogen-bond donors (Lipinski definition) is 0. The van der Waals surface area contributed by atoms with E-state index in [2.05, 4.69) is 4.98 Å². The van der Waals surface area contributed by atoms with Gasteiger partial charge < -0.3 is 4.90 Å². The minimum Gasteiger partial charge on any atom is -0.338 e. The molecule has 1 fully saturated rings. The highest BCUT2D eigenvalue weighted by Gasteiger charge is 2.26. The van der Waals surface area contributed by atoms with Crippen molar-refractivity contribution in [1.29, 1.82) is 0 Å². The lowest BCUT2D eigenvalue weighted by Crippen LogP contribution is -2.22. The molecule has 0 aliphatic carbocycles. The summed E-state index contributed by atoms with van der Waals surface area (Å²) in [5.74, 6) is 0. The molecule has 1 aromatic heterocycles. The molecule has 1 aliphatic rings. The maximum absolute atomic E-state index is 10.8. The van der Waals surface area contributed by atoms with Gasteiger partial charge in [-0.3, -0.25) is 4.79 Å². The van der Waals surface area contributed by atoms with Gasteiger partial charge in [-0.1, -0.05) is 17.7 Å². The van der Waals surface area contributed by atoms with Crippen LogP contribution in [0.1, 0.15) is 30.1 Å². The highest BCUT2D eigenvalue weighted by molar-refractivity contribution is 6.29. The summed E-state index contributed by atoms with van der Waals surface area (Å²) in [5, 5.41) is 0.506. The predicted octanol–water partition coefficient (Wildman–Crippen LogP) is 2.34. The number of aryl methyl sites for hydroxylation is 1. The Balaban J connectivity index is 2.32. The van der Waals surface area contributed by atoms with Crippen LogP contribution in [0.3, 0.4) is 0 Å². The zero-order chi connectivity index (χ0) is 10.8. The molecule has 0 unspecified atom stereocenters. The van der Waals surface area contributed by atoms with Crippen LogP contribution < -0.4 is 0 Å². The van der Waals surface area contributed by atoms with Crippen LogP contribution in [0.5, 0.6) is 0 Å². The van der Waals surface area contributed by atoms with E-state index in [0.29, 0.717) is 5.15 Å². The molecule has 0 radical (unpaired) electrons. The van der Waals surface area contributed by atoms with Gasteiger partial charge in [-0.2, -0.15) is 0 Å². The van der Waals surface area contributed by atoms with Gasteiger partial charge in [-0.25, -0.2) is 4.98 Å². The number of hydrogen-bond acceptors (Lipinski definition) is 2. The third-order valence-electron chi connectivity index (χ3n) is 2.88. The second-order valence-corrected chi connectivity index (χ2v) is 4.20. The van der Waals surface area contributed by atoms with Crippen molar-refractivity contribution in [2.24, 2.45) is 0 Å². The van der Waals surface area contributed by atoms with Crippen LogP contribution in [0.15, 0.2) is 12.1 Å². The Morgan fingerprint density at radius 3 is 3.07 bits per heavy atom. The lowest BCUT2D eigenvalue weighted by atomic mass is 10.0. The molecule has 0 spiro atoms. The van der Waals surface area contributed by atoms with Gasteiger partial charge in [0.25, 0.3) is 0 Å². The Hall–Kier alpha value is -1.09. The average Bonchev–Trinajstić information content (AvgIpc) is 2.65. The SMILES string of the molecule is Cc1nc(Cl)ccc1[C@@H]1CCCN1C=O. The summed E-state index contributed by atoms with van der Waals surface area (Å²) >= 11 is 5.80. The molecule has 0 N–H and O–H groups in total. The Labute approximate surface area is 94.1 Å². The molecule has 0 saturated carbocycles. The van der Waals surface area contributed by atoms with Gasteiger partial charge in [0.2, 0.25) is 6.41 Å². The van der Waals surface area contributed by atoms with Gasteiger partial charge in [-0.15, -0.1) is 0 Å². The molecule has 3 nitrogen and oxygen atoms in total. The normalized spacial score (nSPS) is 20.7. The number of pyridine rings is 1. The Morgan fingerprint density at radius 2 is 2.40 bits per heavy atom. The minimum atomic E-state index is 0.187. The fourth-order valence-corrected chi connectivity index (χ4v) is 2.33. The van der Waals surface area contributed by atoms with E-state index in [9.17, 15) is 4.79 Å². The largest absolute Gasteiger partial charge is 0.338 e. The third-order valence-corrected chi connectivity index (χ3v) is 3.09. The van der Waals surface area contributed by atoms with Gasteiger partial charge in [0.1, 0.15) is 5.15 Å². The van der Waals surface area contributed by atoms with Crippen molar-refractivity contribution in [2.75, 3.05) is 6.54 Å². The summed E-state index contributed by atoms with van der Waals surface area (Å²) in [6.45, 7) is 2.78. The van der Waals surface area contributed by atoms with Crippen molar-refractivity contribution in [1.82, 2.24) is 9.88 Å². The average molecular weight is 225 g/mol. The first kappa shape index (κ1) is 10.4. The number of aromatic nitrogens is 1. The lowest BCUT2D eigenvalue weighted by Gasteiger charge is -2.21. The van der Waals surface area contributed by atoms with E-state index in [1.807, 2.05) is 17.9 Å². The lowest BCUT2D eigenvalue weighted by molar-refractivity contribution is -0.118. The highest BCUT2D eigenvalue weighted by Crippen LogP contribution is 2.32. The van der Waals surface area contributed by atoms with Crippen LogP contribution >= 0.6 is 11.6 Å². The summed E-state index contributed by atoms with van der Waals surface area (Å²) in [5.41, 5.74) is 2.03. The minimum absolute atomic E-state index is 0.187. The van der Waals surface area contributed by atoms with Gasteiger partial charge in [0, 0.05) is 12.2 Å². The van der Waals surface area contributed by atoms with Gasteiger partial charge >= 0.3 is 0 Å². The molecule has 1 amide bonds. The zero-order valence-corrected chi connectivity index (χ0v) is 9.37. The molecule has 0 aromatic carbocycles. The number of likely N-dealkylation sites (tertiary alicyclic amines) is 1. The summed E-state index contributed by atoms with van der Waals surface area (Å²) in [4.78, 5) is 16.9. The van der Waals surface area contributed by atoms with Gasteiger partial charge in [-0.05, 0) is 31.4 Å². The smallest absolute Gasteiger partial charge is 0.210 e. The molecule has 4 heteroatoms.